The summed E-state index contributed by atoms with van der Waals surface area (Å²) in [4.78, 5) is 10.9. The molecule has 2 atom stereocenters. The van der Waals surface area contributed by atoms with Crippen LogP contribution in [-0.2, 0) is 16.6 Å². The summed E-state index contributed by atoms with van der Waals surface area (Å²) in [6.45, 7) is 7.43. The van der Waals surface area contributed by atoms with Crippen molar-refractivity contribution in [1.82, 2.24) is 5.32 Å². The van der Waals surface area contributed by atoms with Crippen LogP contribution in [0.3, 0.4) is 0 Å². The molecule has 4 heteroatoms. The minimum absolute atomic E-state index is 0. The first-order chi connectivity index (χ1) is 8.86. The fourth-order valence-electron chi connectivity index (χ4n) is 2.63. The Morgan fingerprint density at radius 1 is 1.30 bits per heavy atom. The van der Waals surface area contributed by atoms with E-state index in [0.717, 1.165) is 19.4 Å². The van der Waals surface area contributed by atoms with E-state index in [1.54, 1.807) is 0 Å². The van der Waals surface area contributed by atoms with E-state index in [1.165, 1.54) is 11.1 Å². The molecule has 0 saturated carbocycles. The molecule has 20 heavy (non-hydrogen) atoms. The fraction of sp³-hybridized carbons (Fsp3) is 0.562. The van der Waals surface area contributed by atoms with Crippen molar-refractivity contribution in [3.8, 4) is 0 Å². The fourth-order valence-corrected chi connectivity index (χ4v) is 2.63. The van der Waals surface area contributed by atoms with Gasteiger partial charge in [0.2, 0.25) is 0 Å². The maximum absolute atomic E-state index is 10.9. The molecule has 0 amide bonds. The van der Waals surface area contributed by atoms with Crippen LogP contribution in [0, 0.1) is 5.92 Å². The van der Waals surface area contributed by atoms with Gasteiger partial charge in [0.15, 0.2) is 0 Å². The first-order valence-corrected chi connectivity index (χ1v) is 6.92. The standard InChI is InChI=1S/C16H23NO2.ClH/c1-16(2,3)13-6-4-11(5-7-13)8-12-9-14(15(18)19)17-10-12;/h4-7,12,14,17H,8-10H2,1-3H3,(H,18,19);1H/t12-,14+;/m1./s1. The average Bonchev–Trinajstić information content (AvgIpc) is 2.77. The second kappa shape index (κ2) is 6.59. The van der Waals surface area contributed by atoms with Crippen molar-refractivity contribution in [2.45, 2.75) is 45.1 Å². The lowest BCUT2D eigenvalue weighted by Crippen LogP contribution is -2.29. The van der Waals surface area contributed by atoms with E-state index in [4.69, 9.17) is 5.11 Å². The van der Waals surface area contributed by atoms with Gasteiger partial charge in [-0.15, -0.1) is 12.4 Å². The van der Waals surface area contributed by atoms with Gasteiger partial charge in [0.25, 0.3) is 0 Å². The molecule has 112 valence electrons. The second-order valence-corrected chi connectivity index (χ2v) is 6.55. The SMILES string of the molecule is CC(C)(C)c1ccc(C[C@H]2CN[C@H](C(=O)O)C2)cc1.Cl. The zero-order chi connectivity index (χ0) is 14.0. The molecule has 0 aliphatic carbocycles. The molecule has 0 aromatic heterocycles. The van der Waals surface area contributed by atoms with Crippen LogP contribution in [0.5, 0.6) is 0 Å². The maximum atomic E-state index is 10.9. The van der Waals surface area contributed by atoms with Crippen molar-refractivity contribution in [3.63, 3.8) is 0 Å². The number of carboxylic acid groups (broad SMARTS) is 1. The Labute approximate surface area is 127 Å². The van der Waals surface area contributed by atoms with E-state index in [0.29, 0.717) is 5.92 Å². The number of carboxylic acids is 1. The van der Waals surface area contributed by atoms with Crippen molar-refractivity contribution in [2.75, 3.05) is 6.54 Å². The minimum atomic E-state index is -0.731. The highest BCUT2D eigenvalue weighted by Crippen LogP contribution is 2.24. The van der Waals surface area contributed by atoms with Gasteiger partial charge in [0.05, 0.1) is 0 Å². The summed E-state index contributed by atoms with van der Waals surface area (Å²) in [5.74, 6) is -0.299. The normalized spacial score (nSPS) is 22.4. The molecule has 1 aromatic carbocycles. The lowest BCUT2D eigenvalue weighted by molar-refractivity contribution is -0.139. The lowest BCUT2D eigenvalue weighted by Gasteiger charge is -2.19. The highest BCUT2D eigenvalue weighted by Gasteiger charge is 2.29. The molecule has 0 unspecified atom stereocenters. The molecular formula is C16H24ClNO2. The molecule has 2 rings (SSSR count). The van der Waals surface area contributed by atoms with Crippen LogP contribution in [0.1, 0.15) is 38.3 Å². The first kappa shape index (κ1) is 17.0. The quantitative estimate of drug-likeness (QED) is 0.902. The number of nitrogens with one attached hydrogen (secondary N) is 1. The number of benzene rings is 1. The minimum Gasteiger partial charge on any atom is -0.480 e. The van der Waals surface area contributed by atoms with Gasteiger partial charge in [-0.1, -0.05) is 45.0 Å². The molecule has 0 bridgehead atoms. The van der Waals surface area contributed by atoms with Gasteiger partial charge in [0.1, 0.15) is 6.04 Å². The monoisotopic (exact) mass is 297 g/mol. The third kappa shape index (κ3) is 4.22. The van der Waals surface area contributed by atoms with Crippen molar-refractivity contribution in [1.29, 1.82) is 0 Å². The Kier molecular flexibility index (Phi) is 5.60. The van der Waals surface area contributed by atoms with Crippen molar-refractivity contribution < 1.29 is 9.90 Å². The van der Waals surface area contributed by atoms with E-state index in [9.17, 15) is 4.79 Å². The summed E-state index contributed by atoms with van der Waals surface area (Å²) in [6.07, 6.45) is 1.69. The number of aliphatic carboxylic acids is 1. The number of carbonyl (C=O) groups is 1. The van der Waals surface area contributed by atoms with Crippen LogP contribution >= 0.6 is 12.4 Å². The lowest BCUT2D eigenvalue weighted by atomic mass is 9.86. The molecule has 1 aliphatic rings. The maximum Gasteiger partial charge on any atom is 0.320 e. The molecular weight excluding hydrogens is 274 g/mol. The van der Waals surface area contributed by atoms with Gasteiger partial charge in [-0.2, -0.15) is 0 Å². The highest BCUT2D eigenvalue weighted by atomic mass is 35.5. The second-order valence-electron chi connectivity index (χ2n) is 6.55. The Morgan fingerprint density at radius 2 is 1.90 bits per heavy atom. The first-order valence-electron chi connectivity index (χ1n) is 6.92. The van der Waals surface area contributed by atoms with Gasteiger partial charge >= 0.3 is 5.97 Å². The van der Waals surface area contributed by atoms with E-state index >= 15 is 0 Å². The molecule has 1 saturated heterocycles. The van der Waals surface area contributed by atoms with Crippen LogP contribution in [0.25, 0.3) is 0 Å². The predicted molar refractivity (Wildman–Crippen MR) is 83.6 cm³/mol. The number of rotatable bonds is 3. The largest absolute Gasteiger partial charge is 0.480 e. The topological polar surface area (TPSA) is 49.3 Å². The smallest absolute Gasteiger partial charge is 0.320 e. The predicted octanol–water partition coefficient (Wildman–Crippen LogP) is 3.01. The third-order valence-corrected chi connectivity index (χ3v) is 3.86. The van der Waals surface area contributed by atoms with E-state index in [2.05, 4.69) is 50.4 Å². The van der Waals surface area contributed by atoms with Crippen LogP contribution in [-0.4, -0.2) is 23.7 Å². The van der Waals surface area contributed by atoms with Crippen LogP contribution in [0.15, 0.2) is 24.3 Å². The third-order valence-electron chi connectivity index (χ3n) is 3.86. The summed E-state index contributed by atoms with van der Waals surface area (Å²) in [7, 11) is 0. The van der Waals surface area contributed by atoms with Gasteiger partial charge in [-0.05, 0) is 41.8 Å². The Morgan fingerprint density at radius 3 is 2.35 bits per heavy atom. The molecule has 1 heterocycles. The van der Waals surface area contributed by atoms with Gasteiger partial charge < -0.3 is 10.4 Å². The molecule has 1 fully saturated rings. The van der Waals surface area contributed by atoms with Crippen LogP contribution in [0.4, 0.5) is 0 Å². The van der Waals surface area contributed by atoms with E-state index in [-0.39, 0.29) is 23.9 Å². The molecule has 2 N–H and O–H groups in total. The van der Waals surface area contributed by atoms with Gasteiger partial charge in [-0.3, -0.25) is 4.79 Å². The van der Waals surface area contributed by atoms with Gasteiger partial charge in [0, 0.05) is 0 Å². The Bertz CT molecular complexity index is 451. The zero-order valence-electron chi connectivity index (χ0n) is 12.3. The molecule has 3 nitrogen and oxygen atoms in total. The highest BCUT2D eigenvalue weighted by molar-refractivity contribution is 5.85. The summed E-state index contributed by atoms with van der Waals surface area (Å²) >= 11 is 0. The zero-order valence-corrected chi connectivity index (χ0v) is 13.2. The number of hydrogen-bond donors (Lipinski definition) is 2. The summed E-state index contributed by atoms with van der Waals surface area (Å²) in [5, 5.41) is 12.0. The van der Waals surface area contributed by atoms with E-state index < -0.39 is 5.97 Å². The molecule has 0 spiro atoms. The summed E-state index contributed by atoms with van der Waals surface area (Å²) < 4.78 is 0. The van der Waals surface area contributed by atoms with Gasteiger partial charge in [-0.25, -0.2) is 0 Å². The summed E-state index contributed by atoms with van der Waals surface area (Å²) in [6, 6.07) is 8.36. The van der Waals surface area contributed by atoms with Crippen LogP contribution in [0.2, 0.25) is 0 Å². The van der Waals surface area contributed by atoms with Crippen molar-refractivity contribution in [3.05, 3.63) is 35.4 Å². The average molecular weight is 298 g/mol. The summed E-state index contributed by atoms with van der Waals surface area (Å²) in [5.41, 5.74) is 2.82. The Hall–Kier alpha value is -1.06. The number of hydrogen-bond acceptors (Lipinski definition) is 2. The van der Waals surface area contributed by atoms with Crippen molar-refractivity contribution in [2.24, 2.45) is 5.92 Å². The molecule has 0 radical (unpaired) electrons. The van der Waals surface area contributed by atoms with Crippen LogP contribution < -0.4 is 5.32 Å². The van der Waals surface area contributed by atoms with E-state index in [1.807, 2.05) is 0 Å². The van der Waals surface area contributed by atoms with Crippen molar-refractivity contribution >= 4 is 18.4 Å². The number of halogens is 1. The molecule has 1 aliphatic heterocycles. The Balaban J connectivity index is 0.00000200. The molecule has 1 aromatic rings.